The number of nitrogens with zero attached hydrogens (tertiary/aromatic N) is 2. The van der Waals surface area contributed by atoms with Crippen molar-refractivity contribution in [2.45, 2.75) is 45.7 Å². The number of thiophene rings is 1. The Morgan fingerprint density at radius 3 is 2.50 bits per heavy atom. The van der Waals surface area contributed by atoms with Crippen molar-refractivity contribution in [3.63, 3.8) is 0 Å². The Labute approximate surface area is 160 Å². The highest BCUT2D eigenvalue weighted by Crippen LogP contribution is 2.22. The van der Waals surface area contributed by atoms with E-state index in [1.807, 2.05) is 17.0 Å². The van der Waals surface area contributed by atoms with Crippen LogP contribution < -0.4 is 5.32 Å². The largest absolute Gasteiger partial charge is 0.322 e. The van der Waals surface area contributed by atoms with E-state index in [1.165, 1.54) is 10.4 Å². The summed E-state index contributed by atoms with van der Waals surface area (Å²) in [5, 5.41) is 5.18. The molecule has 0 spiro atoms. The molecule has 1 N–H and O–H groups in total. The fourth-order valence-corrected chi connectivity index (χ4v) is 4.21. The molecule has 5 heteroatoms. The van der Waals surface area contributed by atoms with Crippen LogP contribution in [0.5, 0.6) is 0 Å². The monoisotopic (exact) mass is 371 g/mol. The molecule has 1 saturated heterocycles. The molecule has 0 atom stereocenters. The maximum absolute atomic E-state index is 13.0. The lowest BCUT2D eigenvalue weighted by atomic mass is 10.0. The lowest BCUT2D eigenvalue weighted by Crippen LogP contribution is -2.48. The molecule has 0 unspecified atom stereocenters. The summed E-state index contributed by atoms with van der Waals surface area (Å²) >= 11 is 1.72. The molecule has 0 radical (unpaired) electrons. The van der Waals surface area contributed by atoms with Gasteiger partial charge in [0.05, 0.1) is 6.54 Å². The van der Waals surface area contributed by atoms with Crippen molar-refractivity contribution >= 4 is 23.1 Å². The van der Waals surface area contributed by atoms with Gasteiger partial charge in [0.25, 0.3) is 0 Å². The lowest BCUT2D eigenvalue weighted by molar-refractivity contribution is 0.127. The van der Waals surface area contributed by atoms with Gasteiger partial charge in [-0.2, -0.15) is 0 Å². The normalized spacial score (nSPS) is 15.8. The number of carbonyl (C=O) groups excluding carboxylic acids is 1. The first kappa shape index (κ1) is 18.9. The quantitative estimate of drug-likeness (QED) is 0.789. The van der Waals surface area contributed by atoms with E-state index in [9.17, 15) is 4.79 Å². The van der Waals surface area contributed by atoms with Crippen molar-refractivity contribution in [3.8, 4) is 0 Å². The standard InChI is InChI=1S/C21H29N3OS/c1-3-17-7-9-18(10-8-17)22-21(25)24(16-20-6-5-15-26-20)19-11-13-23(4-2)14-12-19/h5-10,15,19H,3-4,11-14,16H2,1-2H3,(H,22,25). The van der Waals surface area contributed by atoms with Gasteiger partial charge in [0, 0.05) is 29.7 Å². The number of rotatable bonds is 6. The average molecular weight is 372 g/mol. The van der Waals surface area contributed by atoms with E-state index in [4.69, 9.17) is 0 Å². The van der Waals surface area contributed by atoms with Gasteiger partial charge in [-0.05, 0) is 54.9 Å². The Morgan fingerprint density at radius 1 is 1.19 bits per heavy atom. The second-order valence-corrected chi connectivity index (χ2v) is 7.89. The van der Waals surface area contributed by atoms with Crippen molar-refractivity contribution in [3.05, 3.63) is 52.2 Å². The maximum Gasteiger partial charge on any atom is 0.322 e. The van der Waals surface area contributed by atoms with E-state index in [1.54, 1.807) is 11.3 Å². The molecule has 0 bridgehead atoms. The first-order valence-electron chi connectivity index (χ1n) is 9.61. The zero-order chi connectivity index (χ0) is 18.4. The van der Waals surface area contributed by atoms with Crippen LogP contribution in [0.1, 0.15) is 37.1 Å². The summed E-state index contributed by atoms with van der Waals surface area (Å²) in [6.07, 6.45) is 3.09. The van der Waals surface area contributed by atoms with Crippen molar-refractivity contribution in [2.24, 2.45) is 0 Å². The molecule has 1 aromatic heterocycles. The number of nitrogens with one attached hydrogen (secondary N) is 1. The summed E-state index contributed by atoms with van der Waals surface area (Å²) in [7, 11) is 0. The summed E-state index contributed by atoms with van der Waals surface area (Å²) in [6.45, 7) is 8.26. The van der Waals surface area contributed by atoms with Crippen LogP contribution in [0.25, 0.3) is 0 Å². The Bertz CT molecular complexity index is 676. The second kappa shape index (κ2) is 9.19. The summed E-state index contributed by atoms with van der Waals surface area (Å²) in [5.74, 6) is 0. The fraction of sp³-hybridized carbons (Fsp3) is 0.476. The number of anilines is 1. The summed E-state index contributed by atoms with van der Waals surface area (Å²) in [5.41, 5.74) is 2.15. The number of amides is 2. The van der Waals surface area contributed by atoms with E-state index in [0.29, 0.717) is 12.6 Å². The Kier molecular flexibility index (Phi) is 6.69. The van der Waals surface area contributed by atoms with Crippen LogP contribution >= 0.6 is 11.3 Å². The van der Waals surface area contributed by atoms with E-state index in [-0.39, 0.29) is 6.03 Å². The zero-order valence-electron chi connectivity index (χ0n) is 15.8. The van der Waals surface area contributed by atoms with Crippen molar-refractivity contribution in [2.75, 3.05) is 25.0 Å². The third-order valence-electron chi connectivity index (χ3n) is 5.23. The topological polar surface area (TPSA) is 35.6 Å². The highest BCUT2D eigenvalue weighted by atomic mass is 32.1. The average Bonchev–Trinajstić information content (AvgIpc) is 3.20. The number of likely N-dealkylation sites (tertiary alicyclic amines) is 1. The van der Waals surface area contributed by atoms with E-state index in [0.717, 1.165) is 44.6 Å². The minimum Gasteiger partial charge on any atom is -0.316 e. The number of hydrogen-bond acceptors (Lipinski definition) is 3. The molecule has 0 saturated carbocycles. The minimum atomic E-state index is 0.0117. The summed E-state index contributed by atoms with van der Waals surface area (Å²) < 4.78 is 0. The molecule has 0 aliphatic carbocycles. The molecule has 2 heterocycles. The molecule has 1 fully saturated rings. The predicted octanol–water partition coefficient (Wildman–Crippen LogP) is 4.83. The highest BCUT2D eigenvalue weighted by Gasteiger charge is 2.28. The third kappa shape index (κ3) is 4.86. The SMILES string of the molecule is CCc1ccc(NC(=O)N(Cc2cccs2)C2CCN(CC)CC2)cc1. The molecule has 4 nitrogen and oxygen atoms in total. The number of urea groups is 1. The smallest absolute Gasteiger partial charge is 0.316 e. The molecule has 2 amide bonds. The molecule has 1 aromatic carbocycles. The van der Waals surface area contributed by atoms with Gasteiger partial charge in [-0.15, -0.1) is 11.3 Å². The van der Waals surface area contributed by atoms with Crippen LogP contribution in [0.4, 0.5) is 10.5 Å². The van der Waals surface area contributed by atoms with Gasteiger partial charge in [0.1, 0.15) is 0 Å². The number of aryl methyl sites for hydroxylation is 1. The van der Waals surface area contributed by atoms with Gasteiger partial charge in [0.2, 0.25) is 0 Å². The maximum atomic E-state index is 13.0. The molecule has 140 valence electrons. The highest BCUT2D eigenvalue weighted by molar-refractivity contribution is 7.09. The molecule has 26 heavy (non-hydrogen) atoms. The first-order chi connectivity index (χ1) is 12.7. The van der Waals surface area contributed by atoms with Crippen LogP contribution in [-0.4, -0.2) is 41.5 Å². The van der Waals surface area contributed by atoms with E-state index < -0.39 is 0 Å². The lowest BCUT2D eigenvalue weighted by Gasteiger charge is -2.38. The summed E-state index contributed by atoms with van der Waals surface area (Å²) in [6, 6.07) is 12.6. The third-order valence-corrected chi connectivity index (χ3v) is 6.09. The van der Waals surface area contributed by atoms with Crippen LogP contribution in [0.3, 0.4) is 0 Å². The first-order valence-corrected chi connectivity index (χ1v) is 10.5. The van der Waals surface area contributed by atoms with Crippen molar-refractivity contribution in [1.82, 2.24) is 9.80 Å². The zero-order valence-corrected chi connectivity index (χ0v) is 16.6. The summed E-state index contributed by atoms with van der Waals surface area (Å²) in [4.78, 5) is 18.8. The molecular formula is C21H29N3OS. The van der Waals surface area contributed by atoms with Crippen molar-refractivity contribution in [1.29, 1.82) is 0 Å². The molecule has 3 rings (SSSR count). The van der Waals surface area contributed by atoms with Gasteiger partial charge in [-0.25, -0.2) is 4.79 Å². The second-order valence-electron chi connectivity index (χ2n) is 6.85. The van der Waals surface area contributed by atoms with Crippen LogP contribution in [0.2, 0.25) is 0 Å². The van der Waals surface area contributed by atoms with Crippen LogP contribution in [0, 0.1) is 0 Å². The number of hydrogen-bond donors (Lipinski definition) is 1. The van der Waals surface area contributed by atoms with Gasteiger partial charge < -0.3 is 15.1 Å². The number of benzene rings is 1. The number of piperidine rings is 1. The Morgan fingerprint density at radius 2 is 1.92 bits per heavy atom. The Hall–Kier alpha value is -1.85. The predicted molar refractivity (Wildman–Crippen MR) is 110 cm³/mol. The van der Waals surface area contributed by atoms with Crippen molar-refractivity contribution < 1.29 is 4.79 Å². The fourth-order valence-electron chi connectivity index (χ4n) is 3.50. The van der Waals surface area contributed by atoms with Crippen LogP contribution in [0.15, 0.2) is 41.8 Å². The van der Waals surface area contributed by atoms with Gasteiger partial charge >= 0.3 is 6.03 Å². The van der Waals surface area contributed by atoms with Gasteiger partial charge in [0.15, 0.2) is 0 Å². The van der Waals surface area contributed by atoms with Gasteiger partial charge in [-0.3, -0.25) is 0 Å². The van der Waals surface area contributed by atoms with Crippen LogP contribution in [-0.2, 0) is 13.0 Å². The molecule has 1 aliphatic rings. The molecule has 1 aliphatic heterocycles. The minimum absolute atomic E-state index is 0.0117. The molecular weight excluding hydrogens is 342 g/mol. The number of carbonyl (C=O) groups is 1. The van der Waals surface area contributed by atoms with Gasteiger partial charge in [-0.1, -0.05) is 32.0 Å². The van der Waals surface area contributed by atoms with E-state index >= 15 is 0 Å². The molecule has 2 aromatic rings. The Balaban J connectivity index is 1.70. The van der Waals surface area contributed by atoms with E-state index in [2.05, 4.69) is 53.7 Å².